The summed E-state index contributed by atoms with van der Waals surface area (Å²) in [7, 11) is 0. The molecule has 126 valence electrons. The van der Waals surface area contributed by atoms with Gasteiger partial charge >= 0.3 is 0 Å². The molecule has 0 atom stereocenters. The fourth-order valence-electron chi connectivity index (χ4n) is 2.11. The average molecular weight is 352 g/mol. The SMILES string of the molecule is C=C(C)CN=c1scc(-c2ccc(F)cc2)n1N=Cc1ccccn1. The summed E-state index contributed by atoms with van der Waals surface area (Å²) in [4.78, 5) is 9.54. The highest BCUT2D eigenvalue weighted by Crippen LogP contribution is 2.20. The zero-order valence-electron chi connectivity index (χ0n) is 13.8. The van der Waals surface area contributed by atoms with Crippen molar-refractivity contribution in [3.63, 3.8) is 0 Å². The average Bonchev–Trinajstić information content (AvgIpc) is 3.02. The topological polar surface area (TPSA) is 42.5 Å². The van der Waals surface area contributed by atoms with Crippen LogP contribution in [-0.2, 0) is 0 Å². The van der Waals surface area contributed by atoms with Gasteiger partial charge in [0, 0.05) is 17.1 Å². The Morgan fingerprint density at radius 2 is 2.08 bits per heavy atom. The maximum Gasteiger partial charge on any atom is 0.206 e. The predicted octanol–water partition coefficient (Wildman–Crippen LogP) is 4.11. The molecule has 3 rings (SSSR count). The van der Waals surface area contributed by atoms with Gasteiger partial charge in [0.2, 0.25) is 4.80 Å². The minimum absolute atomic E-state index is 0.269. The number of halogens is 1. The van der Waals surface area contributed by atoms with E-state index in [2.05, 4.69) is 21.7 Å². The first-order valence-electron chi connectivity index (χ1n) is 7.70. The Morgan fingerprint density at radius 3 is 2.76 bits per heavy atom. The standard InChI is InChI=1S/C19H17FN4S/c1-14(2)11-22-19-24(23-12-17-5-3-4-10-21-17)18(13-25-19)15-6-8-16(20)9-7-15/h3-10,12-13H,1,11H2,2H3. The van der Waals surface area contributed by atoms with Crippen LogP contribution in [0.1, 0.15) is 12.6 Å². The van der Waals surface area contributed by atoms with Gasteiger partial charge in [-0.1, -0.05) is 18.2 Å². The first-order valence-corrected chi connectivity index (χ1v) is 8.58. The van der Waals surface area contributed by atoms with E-state index < -0.39 is 0 Å². The minimum atomic E-state index is -0.269. The van der Waals surface area contributed by atoms with Gasteiger partial charge in [-0.05, 0) is 43.3 Å². The molecule has 0 saturated carbocycles. The molecule has 0 fully saturated rings. The lowest BCUT2D eigenvalue weighted by molar-refractivity contribution is 0.628. The molecule has 0 aliphatic rings. The van der Waals surface area contributed by atoms with Crippen molar-refractivity contribution in [2.45, 2.75) is 6.92 Å². The number of hydrogen-bond donors (Lipinski definition) is 0. The number of pyridine rings is 1. The fourth-order valence-corrected chi connectivity index (χ4v) is 2.95. The highest BCUT2D eigenvalue weighted by molar-refractivity contribution is 7.07. The Hall–Kier alpha value is -2.86. The Bertz CT molecular complexity index is 953. The molecular formula is C19H17FN4S. The summed E-state index contributed by atoms with van der Waals surface area (Å²) in [5.41, 5.74) is 3.43. The second kappa shape index (κ2) is 7.81. The fraction of sp³-hybridized carbons (Fsp3) is 0.105. The summed E-state index contributed by atoms with van der Waals surface area (Å²) in [5.74, 6) is -0.269. The molecule has 0 N–H and O–H groups in total. The molecule has 25 heavy (non-hydrogen) atoms. The smallest absolute Gasteiger partial charge is 0.206 e. The van der Waals surface area contributed by atoms with Crippen molar-refractivity contribution in [1.29, 1.82) is 0 Å². The monoisotopic (exact) mass is 352 g/mol. The molecule has 3 aromatic rings. The lowest BCUT2D eigenvalue weighted by Gasteiger charge is -2.03. The van der Waals surface area contributed by atoms with Gasteiger partial charge in [0.15, 0.2) is 0 Å². The number of hydrogen-bond acceptors (Lipinski definition) is 4. The Labute approximate surface area is 149 Å². The van der Waals surface area contributed by atoms with Crippen LogP contribution in [0, 0.1) is 5.82 Å². The number of nitrogens with zero attached hydrogens (tertiary/aromatic N) is 4. The largest absolute Gasteiger partial charge is 0.255 e. The van der Waals surface area contributed by atoms with Crippen molar-refractivity contribution in [3.05, 3.63) is 82.5 Å². The Morgan fingerprint density at radius 1 is 1.28 bits per heavy atom. The third kappa shape index (κ3) is 4.36. The molecule has 0 bridgehead atoms. The van der Waals surface area contributed by atoms with E-state index in [0.29, 0.717) is 6.54 Å². The molecule has 0 aliphatic carbocycles. The maximum atomic E-state index is 13.2. The molecule has 1 aromatic carbocycles. The van der Waals surface area contributed by atoms with E-state index in [0.717, 1.165) is 27.3 Å². The zero-order chi connectivity index (χ0) is 17.6. The first-order chi connectivity index (χ1) is 12.1. The summed E-state index contributed by atoms with van der Waals surface area (Å²) in [6.45, 7) is 6.34. The molecule has 0 amide bonds. The lowest BCUT2D eigenvalue weighted by Crippen LogP contribution is -2.13. The molecule has 0 saturated heterocycles. The molecule has 6 heteroatoms. The van der Waals surface area contributed by atoms with Crippen molar-refractivity contribution >= 4 is 17.6 Å². The third-order valence-electron chi connectivity index (χ3n) is 3.30. The van der Waals surface area contributed by atoms with Crippen LogP contribution >= 0.6 is 11.3 Å². The molecule has 0 radical (unpaired) electrons. The van der Waals surface area contributed by atoms with E-state index in [-0.39, 0.29) is 5.82 Å². The Kier molecular flexibility index (Phi) is 5.30. The number of aromatic nitrogens is 2. The van der Waals surface area contributed by atoms with Crippen LogP contribution in [0.15, 0.2) is 76.3 Å². The van der Waals surface area contributed by atoms with E-state index in [1.807, 2.05) is 30.5 Å². The van der Waals surface area contributed by atoms with Crippen LogP contribution in [0.25, 0.3) is 11.3 Å². The van der Waals surface area contributed by atoms with E-state index in [9.17, 15) is 4.39 Å². The van der Waals surface area contributed by atoms with Crippen molar-refractivity contribution in [2.24, 2.45) is 10.1 Å². The second-order valence-electron chi connectivity index (χ2n) is 5.49. The number of thiazole rings is 1. The van der Waals surface area contributed by atoms with Crippen molar-refractivity contribution in [3.8, 4) is 11.3 Å². The Balaban J connectivity index is 2.06. The van der Waals surface area contributed by atoms with Gasteiger partial charge < -0.3 is 0 Å². The molecule has 0 unspecified atom stereocenters. The van der Waals surface area contributed by atoms with Gasteiger partial charge in [-0.2, -0.15) is 5.10 Å². The normalized spacial score (nSPS) is 12.0. The van der Waals surface area contributed by atoms with Gasteiger partial charge in [0.25, 0.3) is 0 Å². The van der Waals surface area contributed by atoms with Crippen LogP contribution in [0.2, 0.25) is 0 Å². The number of benzene rings is 1. The molecule has 0 spiro atoms. The molecule has 4 nitrogen and oxygen atoms in total. The van der Waals surface area contributed by atoms with Crippen LogP contribution in [0.5, 0.6) is 0 Å². The molecule has 2 aromatic heterocycles. The van der Waals surface area contributed by atoms with Crippen LogP contribution in [0.4, 0.5) is 4.39 Å². The zero-order valence-corrected chi connectivity index (χ0v) is 14.6. The lowest BCUT2D eigenvalue weighted by atomic mass is 10.2. The van der Waals surface area contributed by atoms with E-state index in [4.69, 9.17) is 0 Å². The van der Waals surface area contributed by atoms with Gasteiger partial charge in [-0.25, -0.2) is 9.07 Å². The van der Waals surface area contributed by atoms with Crippen molar-refractivity contribution < 1.29 is 4.39 Å². The molecule has 2 heterocycles. The van der Waals surface area contributed by atoms with Crippen molar-refractivity contribution in [2.75, 3.05) is 6.54 Å². The summed E-state index contributed by atoms with van der Waals surface area (Å²) in [5, 5.41) is 6.49. The second-order valence-corrected chi connectivity index (χ2v) is 6.33. The summed E-state index contributed by atoms with van der Waals surface area (Å²) in [6, 6.07) is 12.0. The van der Waals surface area contributed by atoms with Gasteiger partial charge in [0.1, 0.15) is 5.82 Å². The van der Waals surface area contributed by atoms with Crippen LogP contribution < -0.4 is 4.80 Å². The predicted molar refractivity (Wildman–Crippen MR) is 100 cm³/mol. The van der Waals surface area contributed by atoms with Gasteiger partial charge in [-0.3, -0.25) is 9.98 Å². The van der Waals surface area contributed by atoms with Gasteiger partial charge in [0.05, 0.1) is 24.1 Å². The minimum Gasteiger partial charge on any atom is -0.255 e. The van der Waals surface area contributed by atoms with E-state index >= 15 is 0 Å². The molecule has 0 aliphatic heterocycles. The van der Waals surface area contributed by atoms with Crippen LogP contribution in [0.3, 0.4) is 0 Å². The van der Waals surface area contributed by atoms with E-state index in [1.54, 1.807) is 29.2 Å². The third-order valence-corrected chi connectivity index (χ3v) is 4.16. The first kappa shape index (κ1) is 17.0. The van der Waals surface area contributed by atoms with E-state index in [1.165, 1.54) is 23.5 Å². The molecular weight excluding hydrogens is 335 g/mol. The summed E-state index contributed by atoms with van der Waals surface area (Å²) >= 11 is 1.48. The highest BCUT2D eigenvalue weighted by Gasteiger charge is 2.07. The summed E-state index contributed by atoms with van der Waals surface area (Å²) < 4.78 is 15.0. The van der Waals surface area contributed by atoms with Gasteiger partial charge in [-0.15, -0.1) is 11.3 Å². The van der Waals surface area contributed by atoms with Crippen LogP contribution in [-0.4, -0.2) is 22.4 Å². The van der Waals surface area contributed by atoms with Crippen molar-refractivity contribution in [1.82, 2.24) is 9.66 Å². The number of rotatable bonds is 5. The maximum absolute atomic E-state index is 13.2. The highest BCUT2D eigenvalue weighted by atomic mass is 32.1. The quantitative estimate of drug-likeness (QED) is 0.503. The summed E-state index contributed by atoms with van der Waals surface area (Å²) in [6.07, 6.45) is 3.40.